The molecule has 3 rings (SSSR count). The molecule has 1 saturated carbocycles. The molecule has 1 aliphatic rings. The van der Waals surface area contributed by atoms with E-state index in [2.05, 4.69) is 5.32 Å². The molecule has 0 spiro atoms. The summed E-state index contributed by atoms with van der Waals surface area (Å²) in [5.41, 5.74) is 0.124. The molecule has 1 aromatic heterocycles. The summed E-state index contributed by atoms with van der Waals surface area (Å²) in [6, 6.07) is 6.20. The number of carbonyl (C=O) groups excluding carboxylic acids is 2. The van der Waals surface area contributed by atoms with Crippen LogP contribution in [0.5, 0.6) is 0 Å². The number of benzene rings is 1. The zero-order valence-electron chi connectivity index (χ0n) is 16.1. The third kappa shape index (κ3) is 5.59. The zero-order valence-corrected chi connectivity index (χ0v) is 16.9. The highest BCUT2D eigenvalue weighted by Crippen LogP contribution is 2.31. The molecule has 1 N–H and O–H groups in total. The first-order valence-corrected chi connectivity index (χ1v) is 10.6. The summed E-state index contributed by atoms with van der Waals surface area (Å²) in [6.45, 7) is -0.379. The Balaban J connectivity index is 1.97. The lowest BCUT2D eigenvalue weighted by Crippen LogP contribution is -2.50. The Morgan fingerprint density at radius 2 is 1.77 bits per heavy atom. The fraction of sp³-hybridized carbons (Fsp3) is 0.429. The van der Waals surface area contributed by atoms with Gasteiger partial charge in [-0.15, -0.1) is 11.3 Å². The molecule has 2 amide bonds. The van der Waals surface area contributed by atoms with Crippen molar-refractivity contribution in [3.8, 4) is 0 Å². The third-order valence-corrected chi connectivity index (χ3v) is 5.97. The van der Waals surface area contributed by atoms with Crippen LogP contribution in [0.3, 0.4) is 0 Å². The van der Waals surface area contributed by atoms with Crippen molar-refractivity contribution in [2.24, 2.45) is 0 Å². The van der Waals surface area contributed by atoms with Crippen molar-refractivity contribution < 1.29 is 27.2 Å². The van der Waals surface area contributed by atoms with Gasteiger partial charge in [0, 0.05) is 10.9 Å². The number of rotatable bonds is 6. The minimum Gasteiger partial charge on any atom is -0.351 e. The topological polar surface area (TPSA) is 49.4 Å². The maximum absolute atomic E-state index is 13.4. The van der Waals surface area contributed by atoms with E-state index < -0.39 is 29.8 Å². The van der Waals surface area contributed by atoms with Crippen LogP contribution in [0.2, 0.25) is 0 Å². The average Bonchev–Trinajstić information content (AvgIpc) is 3.21. The Hall–Kier alpha value is -2.42. The van der Waals surface area contributed by atoms with Crippen molar-refractivity contribution >= 4 is 23.2 Å². The largest absolute Gasteiger partial charge is 0.471 e. The van der Waals surface area contributed by atoms with E-state index >= 15 is 0 Å². The summed E-state index contributed by atoms with van der Waals surface area (Å²) >= 11 is 1.19. The molecule has 1 aliphatic carbocycles. The highest BCUT2D eigenvalue weighted by Gasteiger charge is 2.47. The zero-order chi connectivity index (χ0) is 21.7. The van der Waals surface area contributed by atoms with Crippen LogP contribution in [-0.4, -0.2) is 28.9 Å². The van der Waals surface area contributed by atoms with Gasteiger partial charge in [0.05, 0.1) is 6.54 Å². The number of hydrogen-bond acceptors (Lipinski definition) is 3. The minimum atomic E-state index is -5.15. The molecule has 9 heteroatoms. The Bertz CT molecular complexity index is 847. The van der Waals surface area contributed by atoms with Gasteiger partial charge in [-0.3, -0.25) is 9.59 Å². The van der Waals surface area contributed by atoms with Crippen LogP contribution in [0.4, 0.5) is 17.6 Å². The summed E-state index contributed by atoms with van der Waals surface area (Å²) in [4.78, 5) is 26.5. The molecule has 4 nitrogen and oxygen atoms in total. The quantitative estimate of drug-likeness (QED) is 0.643. The van der Waals surface area contributed by atoms with Crippen LogP contribution in [-0.2, 0) is 16.1 Å². The second-order valence-corrected chi connectivity index (χ2v) is 8.34. The van der Waals surface area contributed by atoms with Crippen molar-refractivity contribution in [1.29, 1.82) is 0 Å². The standard InChI is InChI=1S/C21H22F4N2O2S/c22-15-10-8-14(9-11-15)18(19(28)26-16-5-2-1-3-6-16)27(20(29)21(23,24)25)13-17-7-4-12-30-17/h4,7-12,16,18H,1-3,5-6,13H2,(H,26,28)/t18-/m1/s1. The number of halogens is 4. The lowest BCUT2D eigenvalue weighted by molar-refractivity contribution is -0.189. The van der Waals surface area contributed by atoms with Crippen LogP contribution in [0.25, 0.3) is 0 Å². The molecule has 162 valence electrons. The molecule has 0 aliphatic heterocycles. The Labute approximate surface area is 175 Å². The summed E-state index contributed by atoms with van der Waals surface area (Å²) < 4.78 is 53.7. The molecule has 1 atom stereocenters. The van der Waals surface area contributed by atoms with Gasteiger partial charge in [-0.25, -0.2) is 4.39 Å². The number of hydrogen-bond donors (Lipinski definition) is 1. The lowest BCUT2D eigenvalue weighted by Gasteiger charge is -2.33. The van der Waals surface area contributed by atoms with E-state index in [1.165, 1.54) is 23.5 Å². The van der Waals surface area contributed by atoms with Gasteiger partial charge in [-0.2, -0.15) is 13.2 Å². The van der Waals surface area contributed by atoms with E-state index in [9.17, 15) is 27.2 Å². The highest BCUT2D eigenvalue weighted by molar-refractivity contribution is 7.09. The summed E-state index contributed by atoms with van der Waals surface area (Å²) in [6.07, 6.45) is -0.787. The van der Waals surface area contributed by atoms with Crippen molar-refractivity contribution in [2.75, 3.05) is 0 Å². The van der Waals surface area contributed by atoms with E-state index in [0.717, 1.165) is 44.2 Å². The molecular weight excluding hydrogens is 420 g/mol. The van der Waals surface area contributed by atoms with Crippen molar-refractivity contribution in [3.05, 3.63) is 58.0 Å². The molecule has 30 heavy (non-hydrogen) atoms. The number of carbonyl (C=O) groups is 2. The van der Waals surface area contributed by atoms with E-state index in [1.54, 1.807) is 17.5 Å². The van der Waals surface area contributed by atoms with Gasteiger partial charge in [0.25, 0.3) is 0 Å². The van der Waals surface area contributed by atoms with E-state index in [4.69, 9.17) is 0 Å². The molecule has 0 radical (unpaired) electrons. The smallest absolute Gasteiger partial charge is 0.351 e. The normalized spacial score (nSPS) is 16.1. The number of nitrogens with zero attached hydrogens (tertiary/aromatic N) is 1. The van der Waals surface area contributed by atoms with Crippen LogP contribution >= 0.6 is 11.3 Å². The number of thiophene rings is 1. The van der Waals surface area contributed by atoms with Gasteiger partial charge in [0.1, 0.15) is 11.9 Å². The fourth-order valence-corrected chi connectivity index (χ4v) is 4.36. The number of nitrogens with one attached hydrogen (secondary N) is 1. The van der Waals surface area contributed by atoms with Gasteiger partial charge < -0.3 is 10.2 Å². The second-order valence-electron chi connectivity index (χ2n) is 7.31. The third-order valence-electron chi connectivity index (χ3n) is 5.11. The lowest BCUT2D eigenvalue weighted by atomic mass is 9.94. The second kappa shape index (κ2) is 9.59. The van der Waals surface area contributed by atoms with E-state index in [-0.39, 0.29) is 18.2 Å². The maximum atomic E-state index is 13.4. The molecule has 0 bridgehead atoms. The first-order valence-electron chi connectivity index (χ1n) is 9.71. The Morgan fingerprint density at radius 1 is 1.10 bits per heavy atom. The first kappa shape index (κ1) is 22.3. The van der Waals surface area contributed by atoms with E-state index in [0.29, 0.717) is 9.78 Å². The Kier molecular flexibility index (Phi) is 7.12. The number of amides is 2. The average molecular weight is 442 g/mol. The van der Waals surface area contributed by atoms with Gasteiger partial charge in [-0.05, 0) is 42.0 Å². The van der Waals surface area contributed by atoms with E-state index in [1.807, 2.05) is 0 Å². The molecule has 0 saturated heterocycles. The molecule has 1 aromatic carbocycles. The maximum Gasteiger partial charge on any atom is 0.471 e. The molecule has 1 heterocycles. The van der Waals surface area contributed by atoms with Gasteiger partial charge in [-0.1, -0.05) is 37.5 Å². The van der Waals surface area contributed by atoms with Crippen LogP contribution < -0.4 is 5.32 Å². The monoisotopic (exact) mass is 442 g/mol. The van der Waals surface area contributed by atoms with Crippen molar-refractivity contribution in [3.63, 3.8) is 0 Å². The summed E-state index contributed by atoms with van der Waals surface area (Å²) in [5.74, 6) is -3.39. The van der Waals surface area contributed by atoms with Crippen LogP contribution in [0, 0.1) is 5.82 Å². The van der Waals surface area contributed by atoms with Gasteiger partial charge in [0.15, 0.2) is 0 Å². The van der Waals surface area contributed by atoms with Crippen LogP contribution in [0.15, 0.2) is 41.8 Å². The van der Waals surface area contributed by atoms with Crippen molar-refractivity contribution in [2.45, 2.75) is 56.9 Å². The number of alkyl halides is 3. The molecule has 1 fully saturated rings. The molecule has 0 unspecified atom stereocenters. The fourth-order valence-electron chi connectivity index (χ4n) is 3.66. The minimum absolute atomic E-state index is 0.124. The highest BCUT2D eigenvalue weighted by atomic mass is 32.1. The SMILES string of the molecule is O=C(NC1CCCCC1)[C@@H](c1ccc(F)cc1)N(Cc1cccs1)C(=O)C(F)(F)F. The molecular formula is C21H22F4N2O2S. The molecule has 2 aromatic rings. The van der Waals surface area contributed by atoms with Gasteiger partial charge >= 0.3 is 12.1 Å². The summed E-state index contributed by atoms with van der Waals surface area (Å²) in [5, 5.41) is 4.49. The van der Waals surface area contributed by atoms with Gasteiger partial charge in [0.2, 0.25) is 5.91 Å². The summed E-state index contributed by atoms with van der Waals surface area (Å²) in [7, 11) is 0. The predicted molar refractivity (Wildman–Crippen MR) is 105 cm³/mol. The van der Waals surface area contributed by atoms with Crippen LogP contribution in [0.1, 0.15) is 48.6 Å². The Morgan fingerprint density at radius 3 is 2.33 bits per heavy atom. The van der Waals surface area contributed by atoms with Crippen molar-refractivity contribution in [1.82, 2.24) is 10.2 Å². The first-order chi connectivity index (χ1) is 14.3. The predicted octanol–water partition coefficient (Wildman–Crippen LogP) is 4.97.